The number of benzene rings is 1. The number of hydrogen-bond donors (Lipinski definition) is 1. The first-order valence-corrected chi connectivity index (χ1v) is 7.20. The van der Waals surface area contributed by atoms with Crippen molar-refractivity contribution in [2.24, 2.45) is 0 Å². The molecule has 96 valence electrons. The molecule has 0 radical (unpaired) electrons. The molecule has 5 heteroatoms. The Morgan fingerprint density at radius 1 is 1.24 bits per heavy atom. The predicted octanol–water partition coefficient (Wildman–Crippen LogP) is 2.16. The molecular formula is C12H19NO3S. The first-order valence-electron chi connectivity index (χ1n) is 5.72. The monoisotopic (exact) mass is 257 g/mol. The summed E-state index contributed by atoms with van der Waals surface area (Å²) in [4.78, 5) is 0.266. The van der Waals surface area contributed by atoms with Crippen LogP contribution in [-0.2, 0) is 10.0 Å². The van der Waals surface area contributed by atoms with Crippen molar-refractivity contribution >= 4 is 10.0 Å². The van der Waals surface area contributed by atoms with E-state index in [9.17, 15) is 8.42 Å². The topological polar surface area (TPSA) is 55.4 Å². The van der Waals surface area contributed by atoms with Gasteiger partial charge in [-0.3, -0.25) is 0 Å². The van der Waals surface area contributed by atoms with Crippen LogP contribution in [0, 0.1) is 0 Å². The fraction of sp³-hybridized carbons (Fsp3) is 0.500. The summed E-state index contributed by atoms with van der Waals surface area (Å²) in [5.74, 6) is 0.675. The number of rotatable bonds is 6. The van der Waals surface area contributed by atoms with E-state index in [1.807, 2.05) is 20.8 Å². The average Bonchev–Trinajstić information content (AvgIpc) is 2.26. The lowest BCUT2D eigenvalue weighted by molar-refractivity contribution is 0.242. The van der Waals surface area contributed by atoms with Crippen LogP contribution in [0.4, 0.5) is 0 Å². The third-order valence-corrected chi connectivity index (χ3v) is 3.52. The molecule has 0 amide bonds. The molecule has 0 aromatic heterocycles. The van der Waals surface area contributed by atoms with Gasteiger partial charge in [-0.05, 0) is 44.5 Å². The highest BCUT2D eigenvalue weighted by Crippen LogP contribution is 2.16. The van der Waals surface area contributed by atoms with Crippen molar-refractivity contribution in [2.75, 3.05) is 6.54 Å². The molecule has 0 aliphatic heterocycles. The number of sulfonamides is 1. The molecule has 0 aliphatic carbocycles. The lowest BCUT2D eigenvalue weighted by atomic mass is 10.3. The van der Waals surface area contributed by atoms with Gasteiger partial charge in [0.15, 0.2) is 0 Å². The second-order valence-electron chi connectivity index (χ2n) is 4.04. The van der Waals surface area contributed by atoms with Gasteiger partial charge in [0.2, 0.25) is 10.0 Å². The van der Waals surface area contributed by atoms with E-state index in [0.29, 0.717) is 12.3 Å². The molecule has 0 heterocycles. The molecular weight excluding hydrogens is 238 g/mol. The number of ether oxygens (including phenoxy) is 1. The lowest BCUT2D eigenvalue weighted by Crippen LogP contribution is -2.24. The molecule has 0 unspecified atom stereocenters. The SMILES string of the molecule is CCCNS(=O)(=O)c1ccc(OC(C)C)cc1. The molecule has 0 fully saturated rings. The highest BCUT2D eigenvalue weighted by Gasteiger charge is 2.12. The maximum absolute atomic E-state index is 11.8. The first-order chi connectivity index (χ1) is 7.95. The summed E-state index contributed by atoms with van der Waals surface area (Å²) >= 11 is 0. The van der Waals surface area contributed by atoms with E-state index in [1.165, 1.54) is 0 Å². The molecule has 0 spiro atoms. The fourth-order valence-electron chi connectivity index (χ4n) is 1.29. The van der Waals surface area contributed by atoms with Crippen LogP contribution >= 0.6 is 0 Å². The highest BCUT2D eigenvalue weighted by atomic mass is 32.2. The van der Waals surface area contributed by atoms with E-state index in [4.69, 9.17) is 4.74 Å². The quantitative estimate of drug-likeness (QED) is 0.849. The van der Waals surface area contributed by atoms with Gasteiger partial charge in [0.25, 0.3) is 0 Å². The average molecular weight is 257 g/mol. The zero-order valence-electron chi connectivity index (χ0n) is 10.4. The summed E-state index contributed by atoms with van der Waals surface area (Å²) in [6.07, 6.45) is 0.851. The third kappa shape index (κ3) is 4.36. The molecule has 1 rings (SSSR count). The minimum absolute atomic E-state index is 0.0793. The van der Waals surface area contributed by atoms with E-state index >= 15 is 0 Å². The van der Waals surface area contributed by atoms with Crippen LogP contribution in [0.25, 0.3) is 0 Å². The van der Waals surface area contributed by atoms with E-state index in [2.05, 4.69) is 4.72 Å². The summed E-state index contributed by atoms with van der Waals surface area (Å²) in [5.41, 5.74) is 0. The predicted molar refractivity (Wildman–Crippen MR) is 67.7 cm³/mol. The van der Waals surface area contributed by atoms with E-state index in [1.54, 1.807) is 24.3 Å². The van der Waals surface area contributed by atoms with Crippen molar-refractivity contribution in [3.63, 3.8) is 0 Å². The molecule has 0 bridgehead atoms. The maximum Gasteiger partial charge on any atom is 0.240 e. The van der Waals surface area contributed by atoms with Crippen LogP contribution in [0.5, 0.6) is 5.75 Å². The minimum atomic E-state index is -3.37. The Balaban J connectivity index is 2.80. The Morgan fingerprint density at radius 2 is 1.82 bits per heavy atom. The second-order valence-corrected chi connectivity index (χ2v) is 5.80. The van der Waals surface area contributed by atoms with Gasteiger partial charge < -0.3 is 4.74 Å². The summed E-state index contributed by atoms with van der Waals surface area (Å²) in [7, 11) is -3.37. The van der Waals surface area contributed by atoms with Gasteiger partial charge in [0.1, 0.15) is 5.75 Å². The second kappa shape index (κ2) is 6.02. The zero-order valence-corrected chi connectivity index (χ0v) is 11.3. The Hall–Kier alpha value is -1.07. The van der Waals surface area contributed by atoms with Crippen molar-refractivity contribution in [1.82, 2.24) is 4.72 Å². The van der Waals surface area contributed by atoms with Crippen LogP contribution in [-0.4, -0.2) is 21.1 Å². The Labute approximate surface area is 103 Å². The van der Waals surface area contributed by atoms with E-state index < -0.39 is 10.0 Å². The van der Waals surface area contributed by atoms with Gasteiger partial charge in [0, 0.05) is 6.54 Å². The normalized spacial score (nSPS) is 11.8. The van der Waals surface area contributed by atoms with Crippen molar-refractivity contribution < 1.29 is 13.2 Å². The smallest absolute Gasteiger partial charge is 0.240 e. The molecule has 1 aromatic carbocycles. The molecule has 0 aliphatic rings. The molecule has 17 heavy (non-hydrogen) atoms. The third-order valence-electron chi connectivity index (χ3n) is 2.05. The molecule has 1 N–H and O–H groups in total. The van der Waals surface area contributed by atoms with Crippen LogP contribution in [0.2, 0.25) is 0 Å². The lowest BCUT2D eigenvalue weighted by Gasteiger charge is -2.10. The van der Waals surface area contributed by atoms with Crippen LogP contribution in [0.3, 0.4) is 0 Å². The van der Waals surface area contributed by atoms with Gasteiger partial charge in [0.05, 0.1) is 11.0 Å². The van der Waals surface area contributed by atoms with Crippen LogP contribution in [0.1, 0.15) is 27.2 Å². The number of nitrogens with one attached hydrogen (secondary N) is 1. The van der Waals surface area contributed by atoms with E-state index in [0.717, 1.165) is 6.42 Å². The fourth-order valence-corrected chi connectivity index (χ4v) is 2.42. The van der Waals surface area contributed by atoms with Gasteiger partial charge in [-0.25, -0.2) is 13.1 Å². The van der Waals surface area contributed by atoms with Crippen molar-refractivity contribution in [3.05, 3.63) is 24.3 Å². The van der Waals surface area contributed by atoms with Crippen molar-refractivity contribution in [2.45, 2.75) is 38.2 Å². The van der Waals surface area contributed by atoms with Crippen molar-refractivity contribution in [3.8, 4) is 5.75 Å². The van der Waals surface area contributed by atoms with Gasteiger partial charge in [-0.15, -0.1) is 0 Å². The summed E-state index contributed by atoms with van der Waals surface area (Å²) < 4.78 is 31.5. The molecule has 0 atom stereocenters. The molecule has 0 saturated carbocycles. The van der Waals surface area contributed by atoms with Gasteiger partial charge in [-0.1, -0.05) is 6.92 Å². The van der Waals surface area contributed by atoms with Gasteiger partial charge in [-0.2, -0.15) is 0 Å². The molecule has 1 aromatic rings. The van der Waals surface area contributed by atoms with Gasteiger partial charge >= 0.3 is 0 Å². The zero-order chi connectivity index (χ0) is 12.9. The Bertz CT molecular complexity index is 437. The van der Waals surface area contributed by atoms with E-state index in [-0.39, 0.29) is 11.0 Å². The highest BCUT2D eigenvalue weighted by molar-refractivity contribution is 7.89. The molecule has 4 nitrogen and oxygen atoms in total. The molecule has 0 saturated heterocycles. The summed E-state index contributed by atoms with van der Waals surface area (Å²) in [6, 6.07) is 6.44. The van der Waals surface area contributed by atoms with Crippen molar-refractivity contribution in [1.29, 1.82) is 0 Å². The maximum atomic E-state index is 11.8. The Kier molecular flexibility index (Phi) is 4.96. The minimum Gasteiger partial charge on any atom is -0.491 e. The summed E-state index contributed by atoms with van der Waals surface area (Å²) in [5, 5.41) is 0. The first kappa shape index (κ1) is 14.0. The standard InChI is InChI=1S/C12H19NO3S/c1-4-9-13-17(14,15)12-7-5-11(6-8-12)16-10(2)3/h5-8,10,13H,4,9H2,1-3H3. The largest absolute Gasteiger partial charge is 0.491 e. The Morgan fingerprint density at radius 3 is 2.29 bits per heavy atom. The summed E-state index contributed by atoms with van der Waals surface area (Å²) in [6.45, 7) is 6.22. The van der Waals surface area contributed by atoms with Crippen LogP contribution in [0.15, 0.2) is 29.2 Å². The number of hydrogen-bond acceptors (Lipinski definition) is 3. The van der Waals surface area contributed by atoms with Crippen LogP contribution < -0.4 is 9.46 Å².